The second-order valence-electron chi connectivity index (χ2n) is 6.59. The number of anilines is 1. The van der Waals surface area contributed by atoms with Crippen molar-refractivity contribution in [2.45, 2.75) is 33.1 Å². The fourth-order valence-corrected chi connectivity index (χ4v) is 3.88. The lowest BCUT2D eigenvalue weighted by atomic mass is 10.2. The molecule has 0 unspecified atom stereocenters. The first-order valence-electron chi connectivity index (χ1n) is 9.33. The van der Waals surface area contributed by atoms with Gasteiger partial charge < -0.3 is 5.73 Å². The zero-order chi connectivity index (χ0) is 19.5. The molecule has 140 valence electrons. The van der Waals surface area contributed by atoms with Crippen molar-refractivity contribution in [1.82, 2.24) is 19.4 Å². The van der Waals surface area contributed by atoms with E-state index in [-0.39, 0.29) is 0 Å². The summed E-state index contributed by atoms with van der Waals surface area (Å²) in [5.41, 5.74) is 10.7. The van der Waals surface area contributed by atoms with Crippen molar-refractivity contribution < 1.29 is 0 Å². The van der Waals surface area contributed by atoms with Crippen molar-refractivity contribution in [2.24, 2.45) is 0 Å². The summed E-state index contributed by atoms with van der Waals surface area (Å²) in [4.78, 5) is 15.7. The number of pyridine rings is 1. The van der Waals surface area contributed by atoms with Crippen LogP contribution >= 0.6 is 11.3 Å². The van der Waals surface area contributed by atoms with Gasteiger partial charge in [0, 0.05) is 18.1 Å². The first kappa shape index (κ1) is 18.2. The Morgan fingerprint density at radius 3 is 2.86 bits per heavy atom. The predicted octanol–water partition coefficient (Wildman–Crippen LogP) is 4.49. The molecule has 4 heterocycles. The van der Waals surface area contributed by atoms with Gasteiger partial charge in [-0.15, -0.1) is 11.3 Å². The number of rotatable bonds is 4. The van der Waals surface area contributed by atoms with Gasteiger partial charge in [0.15, 0.2) is 5.65 Å². The molecule has 0 bridgehead atoms. The molecule has 0 aliphatic rings. The highest BCUT2D eigenvalue weighted by Gasteiger charge is 2.15. The lowest BCUT2D eigenvalue weighted by Crippen LogP contribution is -1.98. The number of fused-ring (bicyclic) bond motifs is 1. The van der Waals surface area contributed by atoms with Gasteiger partial charge in [0.05, 0.1) is 15.4 Å². The zero-order valence-electron chi connectivity index (χ0n) is 15.9. The van der Waals surface area contributed by atoms with Crippen LogP contribution in [0.3, 0.4) is 0 Å². The van der Waals surface area contributed by atoms with Crippen LogP contribution in [0.25, 0.3) is 16.2 Å². The third kappa shape index (κ3) is 3.62. The Morgan fingerprint density at radius 2 is 2.04 bits per heavy atom. The third-order valence-electron chi connectivity index (χ3n) is 4.46. The largest absolute Gasteiger partial charge is 0.383 e. The van der Waals surface area contributed by atoms with Gasteiger partial charge in [0.1, 0.15) is 17.2 Å². The summed E-state index contributed by atoms with van der Waals surface area (Å²) in [7, 11) is 0. The minimum Gasteiger partial charge on any atom is -0.383 e. The Kier molecular flexibility index (Phi) is 5.09. The smallest absolute Gasteiger partial charge is 0.160 e. The SMILES string of the molecule is CCCCc1nccn2c(N)c(-c3ccc(C#Cc4cccc(C)n4)s3)nc12. The average Bonchev–Trinajstić information content (AvgIpc) is 3.30. The van der Waals surface area contributed by atoms with Crippen LogP contribution in [0.15, 0.2) is 42.7 Å². The molecule has 0 atom stereocenters. The number of unbranched alkanes of at least 4 members (excludes halogenated alkanes) is 1. The molecule has 0 amide bonds. The first-order valence-corrected chi connectivity index (χ1v) is 10.1. The fraction of sp³-hybridized carbons (Fsp3) is 0.227. The van der Waals surface area contributed by atoms with Crippen LogP contribution in [0.2, 0.25) is 0 Å². The summed E-state index contributed by atoms with van der Waals surface area (Å²) in [6.45, 7) is 4.14. The molecule has 5 nitrogen and oxygen atoms in total. The lowest BCUT2D eigenvalue weighted by Gasteiger charge is -2.01. The molecule has 0 aliphatic heterocycles. The molecule has 0 saturated carbocycles. The fourth-order valence-electron chi connectivity index (χ4n) is 3.02. The molecular weight excluding hydrogens is 366 g/mol. The van der Waals surface area contributed by atoms with Crippen molar-refractivity contribution in [3.05, 3.63) is 64.7 Å². The molecule has 28 heavy (non-hydrogen) atoms. The molecule has 4 aromatic heterocycles. The number of aryl methyl sites for hydroxylation is 2. The highest BCUT2D eigenvalue weighted by Crippen LogP contribution is 2.32. The molecule has 0 saturated heterocycles. The zero-order valence-corrected chi connectivity index (χ0v) is 16.8. The first-order chi connectivity index (χ1) is 13.7. The Bertz CT molecular complexity index is 1190. The topological polar surface area (TPSA) is 69.1 Å². The lowest BCUT2D eigenvalue weighted by molar-refractivity contribution is 0.775. The minimum absolute atomic E-state index is 0.636. The molecule has 0 radical (unpaired) electrons. The number of hydrogen-bond donors (Lipinski definition) is 1. The monoisotopic (exact) mass is 387 g/mol. The number of hydrogen-bond acceptors (Lipinski definition) is 5. The second kappa shape index (κ2) is 7.83. The number of imidazole rings is 1. The van der Waals surface area contributed by atoms with Crippen LogP contribution < -0.4 is 5.73 Å². The summed E-state index contributed by atoms with van der Waals surface area (Å²) in [6, 6.07) is 9.87. The summed E-state index contributed by atoms with van der Waals surface area (Å²) in [6.07, 6.45) is 6.77. The van der Waals surface area contributed by atoms with Gasteiger partial charge >= 0.3 is 0 Å². The van der Waals surface area contributed by atoms with Gasteiger partial charge in [-0.25, -0.2) is 9.97 Å². The average molecular weight is 388 g/mol. The van der Waals surface area contributed by atoms with Crippen molar-refractivity contribution >= 4 is 22.8 Å². The maximum Gasteiger partial charge on any atom is 0.160 e. The molecule has 2 N–H and O–H groups in total. The molecule has 4 aromatic rings. The Morgan fingerprint density at radius 1 is 1.14 bits per heavy atom. The molecule has 0 fully saturated rings. The number of nitrogen functional groups attached to an aromatic ring is 1. The summed E-state index contributed by atoms with van der Waals surface area (Å²) >= 11 is 1.58. The molecule has 6 heteroatoms. The van der Waals surface area contributed by atoms with Gasteiger partial charge in [0.25, 0.3) is 0 Å². The van der Waals surface area contributed by atoms with E-state index in [2.05, 4.69) is 28.7 Å². The number of thiophene rings is 1. The van der Waals surface area contributed by atoms with Crippen molar-refractivity contribution in [3.63, 3.8) is 0 Å². The van der Waals surface area contributed by atoms with Crippen LogP contribution in [-0.2, 0) is 6.42 Å². The minimum atomic E-state index is 0.636. The maximum atomic E-state index is 6.39. The normalized spacial score (nSPS) is 10.8. The van der Waals surface area contributed by atoms with Crippen LogP contribution in [0.4, 0.5) is 5.82 Å². The van der Waals surface area contributed by atoms with Gasteiger partial charge in [0.2, 0.25) is 0 Å². The van der Waals surface area contributed by atoms with E-state index in [4.69, 9.17) is 10.7 Å². The summed E-state index contributed by atoms with van der Waals surface area (Å²) in [5, 5.41) is 0. The van der Waals surface area contributed by atoms with Crippen LogP contribution in [0.5, 0.6) is 0 Å². The van der Waals surface area contributed by atoms with E-state index in [1.54, 1.807) is 17.5 Å². The molecule has 0 spiro atoms. The number of nitrogens with zero attached hydrogens (tertiary/aromatic N) is 4. The molecule has 0 aliphatic carbocycles. The summed E-state index contributed by atoms with van der Waals surface area (Å²) in [5.74, 6) is 6.95. The van der Waals surface area contributed by atoms with Crippen LogP contribution in [0.1, 0.15) is 41.7 Å². The van der Waals surface area contributed by atoms with E-state index < -0.39 is 0 Å². The number of aromatic nitrogens is 4. The number of nitrogens with two attached hydrogens (primary N) is 1. The maximum absolute atomic E-state index is 6.39. The van der Waals surface area contributed by atoms with Crippen LogP contribution in [0, 0.1) is 18.8 Å². The predicted molar refractivity (Wildman–Crippen MR) is 114 cm³/mol. The van der Waals surface area contributed by atoms with Gasteiger partial charge in [-0.05, 0) is 55.9 Å². The highest BCUT2D eigenvalue weighted by atomic mass is 32.1. The van der Waals surface area contributed by atoms with E-state index in [1.807, 2.05) is 47.9 Å². The molecule has 4 rings (SSSR count). The van der Waals surface area contributed by atoms with Crippen molar-refractivity contribution in [2.75, 3.05) is 5.73 Å². The Balaban J connectivity index is 1.67. The Labute approximate surface area is 168 Å². The van der Waals surface area contributed by atoms with E-state index in [0.29, 0.717) is 5.82 Å². The van der Waals surface area contributed by atoms with Gasteiger partial charge in [-0.1, -0.05) is 19.4 Å². The van der Waals surface area contributed by atoms with E-state index >= 15 is 0 Å². The van der Waals surface area contributed by atoms with Crippen molar-refractivity contribution in [1.29, 1.82) is 0 Å². The second-order valence-corrected chi connectivity index (χ2v) is 7.68. The van der Waals surface area contributed by atoms with Gasteiger partial charge in [-0.3, -0.25) is 9.38 Å². The highest BCUT2D eigenvalue weighted by molar-refractivity contribution is 7.16. The quantitative estimate of drug-likeness (QED) is 0.524. The summed E-state index contributed by atoms with van der Waals surface area (Å²) < 4.78 is 1.93. The van der Waals surface area contributed by atoms with E-state index in [9.17, 15) is 0 Å². The van der Waals surface area contributed by atoms with Gasteiger partial charge in [-0.2, -0.15) is 0 Å². The molecular formula is C22H21N5S. The van der Waals surface area contributed by atoms with Crippen molar-refractivity contribution in [3.8, 4) is 22.4 Å². The van der Waals surface area contributed by atoms with E-state index in [1.165, 1.54) is 0 Å². The molecule has 0 aromatic carbocycles. The van der Waals surface area contributed by atoms with Crippen LogP contribution in [-0.4, -0.2) is 19.4 Å². The third-order valence-corrected chi connectivity index (χ3v) is 5.47. The van der Waals surface area contributed by atoms with E-state index in [0.717, 1.165) is 57.4 Å². The standard InChI is InChI=1S/C22H21N5S/c1-3-4-8-18-22-26-20(21(23)27(22)14-13-24-18)19-12-11-17(28-19)10-9-16-7-5-6-15(2)25-16/h5-7,11-14H,3-4,8,23H2,1-2H3. The Hall–Kier alpha value is -3.17.